The molecule has 0 amide bonds. The van der Waals surface area contributed by atoms with Crippen LogP contribution in [0.3, 0.4) is 0 Å². The summed E-state index contributed by atoms with van der Waals surface area (Å²) >= 11 is 1.48. The molecule has 3 saturated carbocycles. The smallest absolute Gasteiger partial charge is 0.302 e. The average Bonchev–Trinajstić information content (AvgIpc) is 2.92. The van der Waals surface area contributed by atoms with Crippen molar-refractivity contribution in [3.63, 3.8) is 0 Å². The van der Waals surface area contributed by atoms with Crippen LogP contribution in [0.25, 0.3) is 0 Å². The summed E-state index contributed by atoms with van der Waals surface area (Å²) in [5.74, 6) is 1.49. The molecule has 4 aliphatic carbocycles. The first kappa shape index (κ1) is 20.2. The zero-order valence-corrected chi connectivity index (χ0v) is 18.3. The number of fused-ring (bicyclic) bond motifs is 5. The summed E-state index contributed by atoms with van der Waals surface area (Å²) in [5, 5.41) is 0.394. The lowest BCUT2D eigenvalue weighted by atomic mass is 9.47. The SMILES string of the molecule is CC(=O)OC1CC[C@H]2[C@@H]3C(SC(C)=O)CC4=CC(=O)CC[C@]4(C)[C@@H]3CC[C@]12C. The van der Waals surface area contributed by atoms with Gasteiger partial charge in [-0.15, -0.1) is 0 Å². The molecule has 0 aromatic carbocycles. The molecule has 4 nitrogen and oxygen atoms in total. The summed E-state index contributed by atoms with van der Waals surface area (Å²) in [7, 11) is 0. The lowest BCUT2D eigenvalue weighted by molar-refractivity contribution is -0.157. The highest BCUT2D eigenvalue weighted by molar-refractivity contribution is 8.14. The third-order valence-corrected chi connectivity index (χ3v) is 9.62. The lowest BCUT2D eigenvalue weighted by Gasteiger charge is -2.60. The van der Waals surface area contributed by atoms with Gasteiger partial charge in [-0.25, -0.2) is 0 Å². The van der Waals surface area contributed by atoms with Crippen LogP contribution in [0.4, 0.5) is 0 Å². The van der Waals surface area contributed by atoms with Gasteiger partial charge in [-0.2, -0.15) is 0 Å². The summed E-state index contributed by atoms with van der Waals surface area (Å²) < 4.78 is 5.76. The predicted octanol–water partition coefficient (Wildman–Crippen LogP) is 4.71. The second-order valence-electron chi connectivity index (χ2n) is 9.92. The molecule has 3 fully saturated rings. The molecule has 0 saturated heterocycles. The summed E-state index contributed by atoms with van der Waals surface area (Å²) in [6, 6.07) is 0. The van der Waals surface area contributed by atoms with Crippen LogP contribution >= 0.6 is 11.8 Å². The molecule has 2 unspecified atom stereocenters. The Labute approximate surface area is 172 Å². The van der Waals surface area contributed by atoms with Gasteiger partial charge in [0.25, 0.3) is 0 Å². The van der Waals surface area contributed by atoms with E-state index in [1.165, 1.54) is 24.3 Å². The van der Waals surface area contributed by atoms with Gasteiger partial charge in [-0.05, 0) is 67.8 Å². The second kappa shape index (κ2) is 7.00. The van der Waals surface area contributed by atoms with Crippen molar-refractivity contribution in [2.24, 2.45) is 28.6 Å². The number of ether oxygens (including phenoxy) is 1. The first-order valence-corrected chi connectivity index (χ1v) is 11.6. The van der Waals surface area contributed by atoms with Crippen molar-refractivity contribution in [3.8, 4) is 0 Å². The Morgan fingerprint density at radius 1 is 1.11 bits per heavy atom. The lowest BCUT2D eigenvalue weighted by Crippen LogP contribution is -2.55. The molecule has 5 heteroatoms. The minimum atomic E-state index is -0.185. The molecule has 0 aromatic heterocycles. The van der Waals surface area contributed by atoms with E-state index in [0.717, 1.165) is 38.5 Å². The highest BCUT2D eigenvalue weighted by atomic mass is 32.2. The maximum atomic E-state index is 12.1. The molecule has 0 aliphatic heterocycles. The topological polar surface area (TPSA) is 60.4 Å². The van der Waals surface area contributed by atoms with Crippen molar-refractivity contribution in [2.75, 3.05) is 0 Å². The number of ketones is 1. The minimum absolute atomic E-state index is 0.00314. The van der Waals surface area contributed by atoms with Gasteiger partial charge < -0.3 is 4.74 Å². The number of allylic oxidation sites excluding steroid dienone is 1. The van der Waals surface area contributed by atoms with Crippen LogP contribution in [0, 0.1) is 28.6 Å². The van der Waals surface area contributed by atoms with Crippen molar-refractivity contribution in [3.05, 3.63) is 11.6 Å². The number of hydrogen-bond acceptors (Lipinski definition) is 5. The Balaban J connectivity index is 1.72. The van der Waals surface area contributed by atoms with Gasteiger partial charge in [0.1, 0.15) is 6.10 Å². The standard InChI is InChI=1S/C23H32O4S/c1-13(24)27-20-6-5-17-21-18(8-10-23(17,20)4)22(3)9-7-16(26)11-15(22)12-19(21)28-14(2)25/h11,17-21H,5-10,12H2,1-4H3/t17-,18+,19?,20?,21-,22-,23-/m0/s1. The number of esters is 1. The van der Waals surface area contributed by atoms with Crippen LogP contribution in [0.15, 0.2) is 11.6 Å². The maximum absolute atomic E-state index is 12.1. The van der Waals surface area contributed by atoms with Gasteiger partial charge in [0, 0.05) is 30.9 Å². The van der Waals surface area contributed by atoms with Gasteiger partial charge in [-0.3, -0.25) is 14.4 Å². The Morgan fingerprint density at radius 3 is 2.54 bits per heavy atom. The zero-order valence-electron chi connectivity index (χ0n) is 17.5. The molecule has 0 bridgehead atoms. The molecule has 0 heterocycles. The number of carbonyl (C=O) groups is 3. The molecule has 4 aliphatic rings. The van der Waals surface area contributed by atoms with Crippen molar-refractivity contribution < 1.29 is 19.1 Å². The van der Waals surface area contributed by atoms with Crippen LogP contribution < -0.4 is 0 Å². The monoisotopic (exact) mass is 404 g/mol. The molecule has 28 heavy (non-hydrogen) atoms. The zero-order chi connectivity index (χ0) is 20.3. The van der Waals surface area contributed by atoms with E-state index >= 15 is 0 Å². The van der Waals surface area contributed by atoms with Gasteiger partial charge in [-0.1, -0.05) is 31.2 Å². The van der Waals surface area contributed by atoms with Gasteiger partial charge in [0.2, 0.25) is 0 Å². The molecule has 0 radical (unpaired) electrons. The quantitative estimate of drug-likeness (QED) is 0.624. The Kier molecular flexibility index (Phi) is 5.05. The second-order valence-corrected chi connectivity index (χ2v) is 11.3. The number of rotatable bonds is 2. The fraction of sp³-hybridized carbons (Fsp3) is 0.783. The molecular weight excluding hydrogens is 372 g/mol. The van der Waals surface area contributed by atoms with E-state index < -0.39 is 0 Å². The molecule has 0 aromatic rings. The number of thioether (sulfide) groups is 1. The first-order valence-electron chi connectivity index (χ1n) is 10.7. The molecule has 0 N–H and O–H groups in total. The van der Waals surface area contributed by atoms with E-state index in [-0.39, 0.29) is 39.1 Å². The molecule has 154 valence electrons. The van der Waals surface area contributed by atoms with E-state index in [1.807, 2.05) is 6.08 Å². The van der Waals surface area contributed by atoms with Crippen LogP contribution in [0.2, 0.25) is 0 Å². The summed E-state index contributed by atoms with van der Waals surface area (Å²) in [6.07, 6.45) is 8.47. The van der Waals surface area contributed by atoms with E-state index in [0.29, 0.717) is 24.2 Å². The molecular formula is C23H32O4S. The fourth-order valence-electron chi connectivity index (χ4n) is 7.18. The highest BCUT2D eigenvalue weighted by Gasteiger charge is 2.62. The minimum Gasteiger partial charge on any atom is -0.462 e. The number of hydrogen-bond donors (Lipinski definition) is 0. The van der Waals surface area contributed by atoms with Gasteiger partial charge in [0.05, 0.1) is 0 Å². The van der Waals surface area contributed by atoms with Crippen LogP contribution in [-0.2, 0) is 19.1 Å². The van der Waals surface area contributed by atoms with E-state index in [1.54, 1.807) is 6.92 Å². The fourth-order valence-corrected chi connectivity index (χ4v) is 8.40. The largest absolute Gasteiger partial charge is 0.462 e. The van der Waals surface area contributed by atoms with Crippen molar-refractivity contribution >= 4 is 28.6 Å². The Bertz CT molecular complexity index is 743. The number of carbonyl (C=O) groups excluding carboxylic acids is 3. The van der Waals surface area contributed by atoms with Crippen molar-refractivity contribution in [1.82, 2.24) is 0 Å². The summed E-state index contributed by atoms with van der Waals surface area (Å²) in [6.45, 7) is 7.83. The Hall–Kier alpha value is -1.10. The first-order chi connectivity index (χ1) is 13.1. The maximum Gasteiger partial charge on any atom is 0.302 e. The van der Waals surface area contributed by atoms with Crippen LogP contribution in [-0.4, -0.2) is 28.2 Å². The van der Waals surface area contributed by atoms with E-state index in [2.05, 4.69) is 13.8 Å². The van der Waals surface area contributed by atoms with Crippen LogP contribution in [0.1, 0.15) is 72.6 Å². The van der Waals surface area contributed by atoms with Crippen LogP contribution in [0.5, 0.6) is 0 Å². The molecule has 7 atom stereocenters. The van der Waals surface area contributed by atoms with Crippen molar-refractivity contribution in [2.45, 2.75) is 84.0 Å². The van der Waals surface area contributed by atoms with Gasteiger partial charge in [0.15, 0.2) is 10.9 Å². The third-order valence-electron chi connectivity index (χ3n) is 8.50. The van der Waals surface area contributed by atoms with Gasteiger partial charge >= 0.3 is 5.97 Å². The third kappa shape index (κ3) is 3.09. The predicted molar refractivity (Wildman–Crippen MR) is 110 cm³/mol. The molecule has 4 rings (SSSR count). The van der Waals surface area contributed by atoms with Crippen molar-refractivity contribution in [1.29, 1.82) is 0 Å². The Morgan fingerprint density at radius 2 is 1.86 bits per heavy atom. The summed E-state index contributed by atoms with van der Waals surface area (Å²) in [5.41, 5.74) is 1.36. The summed E-state index contributed by atoms with van der Waals surface area (Å²) in [4.78, 5) is 35.9. The normalized spacial score (nSPS) is 44.8. The van der Waals surface area contributed by atoms with E-state index in [4.69, 9.17) is 4.74 Å². The average molecular weight is 405 g/mol. The van der Waals surface area contributed by atoms with E-state index in [9.17, 15) is 14.4 Å². The highest BCUT2D eigenvalue weighted by Crippen LogP contribution is 2.67. The molecule has 0 spiro atoms.